The van der Waals surface area contributed by atoms with Gasteiger partial charge in [-0.15, -0.1) is 24.0 Å². The minimum atomic E-state index is -0.216. The molecule has 0 aliphatic carbocycles. The molecule has 1 saturated heterocycles. The number of hydrogen-bond acceptors (Lipinski definition) is 4. The number of guanidine groups is 1. The second-order valence-electron chi connectivity index (χ2n) is 8.52. The predicted molar refractivity (Wildman–Crippen MR) is 136 cm³/mol. The molecular weight excluding hydrogens is 507 g/mol. The van der Waals surface area contributed by atoms with Gasteiger partial charge in [0, 0.05) is 25.7 Å². The standard InChI is InChI=1S/C23H38N4O3.HI/c1-6-24-21(26-20-11-13-27(14-12-20)22(28)29-7-2)25-16-18-9-8-10-19(15-18)17-30-23(3,4)5;/h8-10,15,20H,6-7,11-14,16-17H2,1-5H3,(H2,24,25,26);1H. The Morgan fingerprint density at radius 1 is 1.19 bits per heavy atom. The molecule has 8 heteroatoms. The zero-order valence-corrected chi connectivity index (χ0v) is 21.9. The third-order valence-corrected chi connectivity index (χ3v) is 4.79. The van der Waals surface area contributed by atoms with Gasteiger partial charge in [0.25, 0.3) is 0 Å². The molecule has 1 aromatic rings. The third-order valence-electron chi connectivity index (χ3n) is 4.79. The lowest BCUT2D eigenvalue weighted by atomic mass is 10.1. The molecule has 1 heterocycles. The number of rotatable bonds is 7. The van der Waals surface area contributed by atoms with Crippen LogP contribution in [0.5, 0.6) is 0 Å². The summed E-state index contributed by atoms with van der Waals surface area (Å²) in [6, 6.07) is 8.67. The van der Waals surface area contributed by atoms with Crippen molar-refractivity contribution >= 4 is 36.0 Å². The van der Waals surface area contributed by atoms with Crippen molar-refractivity contribution in [2.24, 2.45) is 4.99 Å². The smallest absolute Gasteiger partial charge is 0.409 e. The zero-order valence-electron chi connectivity index (χ0n) is 19.6. The van der Waals surface area contributed by atoms with Crippen LogP contribution in [0.25, 0.3) is 0 Å². The molecule has 0 spiro atoms. The van der Waals surface area contributed by atoms with Gasteiger partial charge in [-0.2, -0.15) is 0 Å². The maximum atomic E-state index is 11.9. The van der Waals surface area contributed by atoms with E-state index < -0.39 is 0 Å². The van der Waals surface area contributed by atoms with E-state index >= 15 is 0 Å². The largest absolute Gasteiger partial charge is 0.450 e. The van der Waals surface area contributed by atoms with Crippen molar-refractivity contribution < 1.29 is 14.3 Å². The van der Waals surface area contributed by atoms with Gasteiger partial charge in [-0.3, -0.25) is 0 Å². The molecule has 0 unspecified atom stereocenters. The monoisotopic (exact) mass is 546 g/mol. The average Bonchev–Trinajstić information content (AvgIpc) is 2.71. The number of nitrogens with one attached hydrogen (secondary N) is 2. The molecule has 2 rings (SSSR count). The van der Waals surface area contributed by atoms with Gasteiger partial charge in [0.2, 0.25) is 0 Å². The molecule has 1 aromatic carbocycles. The summed E-state index contributed by atoms with van der Waals surface area (Å²) in [5.74, 6) is 0.809. The van der Waals surface area contributed by atoms with Gasteiger partial charge in [-0.25, -0.2) is 9.79 Å². The van der Waals surface area contributed by atoms with Crippen molar-refractivity contribution in [3.05, 3.63) is 35.4 Å². The summed E-state index contributed by atoms with van der Waals surface area (Å²) < 4.78 is 11.0. The fraction of sp³-hybridized carbons (Fsp3) is 0.652. The van der Waals surface area contributed by atoms with Gasteiger partial charge in [-0.1, -0.05) is 24.3 Å². The van der Waals surface area contributed by atoms with Crippen LogP contribution < -0.4 is 10.6 Å². The second kappa shape index (κ2) is 13.8. The number of ether oxygens (including phenoxy) is 2. The van der Waals surface area contributed by atoms with E-state index in [1.54, 1.807) is 4.90 Å². The van der Waals surface area contributed by atoms with Crippen LogP contribution in [-0.4, -0.2) is 54.8 Å². The number of hydrogen-bond donors (Lipinski definition) is 2. The molecule has 31 heavy (non-hydrogen) atoms. The Balaban J connectivity index is 0.00000480. The Bertz CT molecular complexity index is 698. The van der Waals surface area contributed by atoms with E-state index in [9.17, 15) is 4.79 Å². The molecule has 0 bridgehead atoms. The van der Waals surface area contributed by atoms with Crippen molar-refractivity contribution in [2.45, 2.75) is 72.3 Å². The fourth-order valence-electron chi connectivity index (χ4n) is 3.22. The first kappa shape index (κ1) is 27.5. The lowest BCUT2D eigenvalue weighted by Gasteiger charge is -2.32. The lowest BCUT2D eigenvalue weighted by molar-refractivity contribution is -0.0149. The normalized spacial score (nSPS) is 15.3. The summed E-state index contributed by atoms with van der Waals surface area (Å²) in [6.07, 6.45) is 1.54. The Labute approximate surface area is 204 Å². The number of nitrogens with zero attached hydrogens (tertiary/aromatic N) is 2. The molecule has 0 saturated carbocycles. The van der Waals surface area contributed by atoms with Gasteiger partial charge in [0.1, 0.15) is 0 Å². The maximum Gasteiger partial charge on any atom is 0.409 e. The van der Waals surface area contributed by atoms with E-state index in [1.807, 2.05) is 6.92 Å². The number of amides is 1. The van der Waals surface area contributed by atoms with E-state index in [1.165, 1.54) is 0 Å². The van der Waals surface area contributed by atoms with Gasteiger partial charge < -0.3 is 25.0 Å². The SMILES string of the molecule is CCNC(=NCc1cccc(COC(C)(C)C)c1)NC1CCN(C(=O)OCC)CC1.I. The van der Waals surface area contributed by atoms with Crippen LogP contribution in [-0.2, 0) is 22.6 Å². The van der Waals surface area contributed by atoms with Crippen molar-refractivity contribution in [3.63, 3.8) is 0 Å². The first-order valence-corrected chi connectivity index (χ1v) is 11.0. The highest BCUT2D eigenvalue weighted by Gasteiger charge is 2.24. The molecule has 0 radical (unpaired) electrons. The number of aliphatic imine (C=N–C) groups is 1. The highest BCUT2D eigenvalue weighted by Crippen LogP contribution is 2.14. The van der Waals surface area contributed by atoms with Gasteiger partial charge in [0.15, 0.2) is 5.96 Å². The summed E-state index contributed by atoms with van der Waals surface area (Å²) in [5.41, 5.74) is 2.15. The van der Waals surface area contributed by atoms with Gasteiger partial charge in [-0.05, 0) is 58.6 Å². The topological polar surface area (TPSA) is 75.2 Å². The Morgan fingerprint density at radius 2 is 1.87 bits per heavy atom. The van der Waals surface area contributed by atoms with Crippen molar-refractivity contribution in [1.82, 2.24) is 15.5 Å². The summed E-state index contributed by atoms with van der Waals surface area (Å²) in [4.78, 5) is 18.4. The molecule has 1 aliphatic rings. The molecule has 176 valence electrons. The van der Waals surface area contributed by atoms with Crippen LogP contribution >= 0.6 is 24.0 Å². The number of carbonyl (C=O) groups excluding carboxylic acids is 1. The van der Waals surface area contributed by atoms with Crippen LogP contribution in [0.3, 0.4) is 0 Å². The third kappa shape index (κ3) is 10.5. The first-order chi connectivity index (χ1) is 14.3. The molecule has 7 nitrogen and oxygen atoms in total. The van der Waals surface area contributed by atoms with Crippen LogP contribution in [0.4, 0.5) is 4.79 Å². The van der Waals surface area contributed by atoms with Gasteiger partial charge in [0.05, 0.1) is 25.4 Å². The van der Waals surface area contributed by atoms with E-state index in [2.05, 4.69) is 62.6 Å². The molecule has 1 aliphatic heterocycles. The van der Waals surface area contributed by atoms with Crippen LogP contribution in [0, 0.1) is 0 Å². The van der Waals surface area contributed by atoms with E-state index in [0.717, 1.165) is 36.5 Å². The number of piperidine rings is 1. The maximum absolute atomic E-state index is 11.9. The summed E-state index contributed by atoms with van der Waals surface area (Å²) in [7, 11) is 0. The zero-order chi connectivity index (χ0) is 22.0. The van der Waals surface area contributed by atoms with Crippen LogP contribution in [0.1, 0.15) is 58.6 Å². The quantitative estimate of drug-likeness (QED) is 0.303. The van der Waals surface area contributed by atoms with E-state index in [4.69, 9.17) is 14.5 Å². The average molecular weight is 546 g/mol. The lowest BCUT2D eigenvalue weighted by Crippen LogP contribution is -2.49. The Hall–Kier alpha value is -1.55. The minimum absolute atomic E-state index is 0. The second-order valence-corrected chi connectivity index (χ2v) is 8.52. The van der Waals surface area contributed by atoms with E-state index in [0.29, 0.717) is 38.9 Å². The summed E-state index contributed by atoms with van der Waals surface area (Å²) in [6.45, 7) is 13.9. The van der Waals surface area contributed by atoms with E-state index in [-0.39, 0.29) is 35.7 Å². The molecular formula is C23H39IN4O3. The van der Waals surface area contributed by atoms with Crippen LogP contribution in [0.2, 0.25) is 0 Å². The molecule has 1 amide bonds. The molecule has 0 aromatic heterocycles. The predicted octanol–water partition coefficient (Wildman–Crippen LogP) is 4.30. The summed E-state index contributed by atoms with van der Waals surface area (Å²) >= 11 is 0. The fourth-order valence-corrected chi connectivity index (χ4v) is 3.22. The highest BCUT2D eigenvalue weighted by atomic mass is 127. The van der Waals surface area contributed by atoms with Crippen molar-refractivity contribution in [2.75, 3.05) is 26.2 Å². The molecule has 2 N–H and O–H groups in total. The van der Waals surface area contributed by atoms with Crippen LogP contribution in [0.15, 0.2) is 29.3 Å². The Kier molecular flexibility index (Phi) is 12.2. The number of carbonyl (C=O) groups is 1. The minimum Gasteiger partial charge on any atom is -0.450 e. The number of likely N-dealkylation sites (tertiary alicyclic amines) is 1. The van der Waals surface area contributed by atoms with Crippen molar-refractivity contribution in [1.29, 1.82) is 0 Å². The first-order valence-electron chi connectivity index (χ1n) is 11.0. The Morgan fingerprint density at radius 3 is 2.48 bits per heavy atom. The highest BCUT2D eigenvalue weighted by molar-refractivity contribution is 14.0. The molecule has 0 atom stereocenters. The molecule has 1 fully saturated rings. The van der Waals surface area contributed by atoms with Gasteiger partial charge >= 0.3 is 6.09 Å². The number of benzene rings is 1. The summed E-state index contributed by atoms with van der Waals surface area (Å²) in [5, 5.41) is 6.84. The van der Waals surface area contributed by atoms with Crippen molar-refractivity contribution in [3.8, 4) is 0 Å². The number of halogens is 1.